The summed E-state index contributed by atoms with van der Waals surface area (Å²) in [6.45, 7) is 4.74. The zero-order chi connectivity index (χ0) is 13.7. The van der Waals surface area contributed by atoms with Crippen molar-refractivity contribution in [3.05, 3.63) is 40.3 Å². The minimum absolute atomic E-state index is 0.00912. The molecule has 0 fully saturated rings. The molecule has 2 heterocycles. The average molecular weight is 260 g/mol. The Kier molecular flexibility index (Phi) is 4.55. The van der Waals surface area contributed by atoms with E-state index in [4.69, 9.17) is 4.74 Å². The molecule has 2 rings (SSSR count). The van der Waals surface area contributed by atoms with Crippen LogP contribution in [-0.4, -0.2) is 16.0 Å². The van der Waals surface area contributed by atoms with Gasteiger partial charge in [-0.05, 0) is 31.4 Å². The molecule has 0 saturated heterocycles. The fourth-order valence-corrected chi connectivity index (χ4v) is 1.99. The number of ether oxygens (including phenoxy) is 1. The van der Waals surface area contributed by atoms with Crippen molar-refractivity contribution in [1.29, 1.82) is 0 Å². The summed E-state index contributed by atoms with van der Waals surface area (Å²) in [6.07, 6.45) is 5.40. The van der Waals surface area contributed by atoms with Crippen molar-refractivity contribution >= 4 is 5.65 Å². The third-order valence-electron chi connectivity index (χ3n) is 3.01. The topological polar surface area (TPSA) is 43.6 Å². The monoisotopic (exact) mass is 260 g/mol. The maximum absolute atomic E-state index is 12.5. The Morgan fingerprint density at radius 1 is 1.26 bits per heavy atom. The number of unbranched alkanes of at least 4 members (excludes halogenated alkanes) is 1. The average Bonchev–Trinajstić information content (AvgIpc) is 2.44. The highest BCUT2D eigenvalue weighted by Gasteiger charge is 2.13. The van der Waals surface area contributed by atoms with Crippen LogP contribution in [0.5, 0.6) is 5.88 Å². The lowest BCUT2D eigenvalue weighted by molar-refractivity contribution is 0.301. The first kappa shape index (κ1) is 13.6. The predicted octanol–water partition coefficient (Wildman–Crippen LogP) is 2.83. The van der Waals surface area contributed by atoms with E-state index in [1.165, 1.54) is 0 Å². The molecule has 0 spiro atoms. The van der Waals surface area contributed by atoms with Gasteiger partial charge in [0, 0.05) is 6.20 Å². The van der Waals surface area contributed by atoms with Crippen molar-refractivity contribution in [1.82, 2.24) is 9.38 Å². The Labute approximate surface area is 113 Å². The van der Waals surface area contributed by atoms with Gasteiger partial charge in [0.2, 0.25) is 5.88 Å². The van der Waals surface area contributed by atoms with E-state index in [9.17, 15) is 4.79 Å². The molecule has 0 saturated carbocycles. The van der Waals surface area contributed by atoms with Crippen LogP contribution in [0.15, 0.2) is 29.2 Å². The number of fused-ring (bicyclic) bond motifs is 1. The van der Waals surface area contributed by atoms with Gasteiger partial charge in [-0.1, -0.05) is 26.3 Å². The Morgan fingerprint density at radius 3 is 2.84 bits per heavy atom. The minimum atomic E-state index is -0.00912. The maximum atomic E-state index is 12.5. The van der Waals surface area contributed by atoms with Crippen molar-refractivity contribution in [2.24, 2.45) is 0 Å². The van der Waals surface area contributed by atoms with E-state index in [1.54, 1.807) is 10.6 Å². The second kappa shape index (κ2) is 6.36. The third kappa shape index (κ3) is 2.95. The molecular weight excluding hydrogens is 240 g/mol. The van der Waals surface area contributed by atoms with Crippen LogP contribution in [0.25, 0.3) is 5.65 Å². The predicted molar refractivity (Wildman–Crippen MR) is 75.9 cm³/mol. The molecule has 0 N–H and O–H groups in total. The molecule has 102 valence electrons. The molecule has 0 bridgehead atoms. The Bertz CT molecular complexity index is 605. The summed E-state index contributed by atoms with van der Waals surface area (Å²) in [5.74, 6) is 0.506. The number of hydrogen-bond donors (Lipinski definition) is 0. The molecule has 0 atom stereocenters. The van der Waals surface area contributed by atoms with E-state index in [1.807, 2.05) is 25.1 Å². The van der Waals surface area contributed by atoms with E-state index in [0.29, 0.717) is 23.7 Å². The molecule has 0 aromatic carbocycles. The van der Waals surface area contributed by atoms with Crippen LogP contribution >= 0.6 is 0 Å². The molecule has 0 unspecified atom stereocenters. The highest BCUT2D eigenvalue weighted by Crippen LogP contribution is 2.16. The Hall–Kier alpha value is -1.84. The normalized spacial score (nSPS) is 10.8. The molecule has 0 aliphatic heterocycles. The van der Waals surface area contributed by atoms with Crippen LogP contribution in [0.4, 0.5) is 0 Å². The van der Waals surface area contributed by atoms with Gasteiger partial charge in [0.1, 0.15) is 5.65 Å². The summed E-state index contributed by atoms with van der Waals surface area (Å²) in [5, 5.41) is 0. The van der Waals surface area contributed by atoms with Crippen LogP contribution in [0.3, 0.4) is 0 Å². The molecule has 0 radical (unpaired) electrons. The number of hydrogen-bond acceptors (Lipinski definition) is 3. The fraction of sp³-hybridized carbons (Fsp3) is 0.467. The van der Waals surface area contributed by atoms with E-state index in [-0.39, 0.29) is 5.56 Å². The van der Waals surface area contributed by atoms with E-state index >= 15 is 0 Å². The van der Waals surface area contributed by atoms with Gasteiger partial charge >= 0.3 is 0 Å². The molecule has 0 amide bonds. The maximum Gasteiger partial charge on any atom is 0.264 e. The van der Waals surface area contributed by atoms with Gasteiger partial charge in [-0.25, -0.2) is 0 Å². The van der Waals surface area contributed by atoms with Gasteiger partial charge in [-0.15, -0.1) is 0 Å². The lowest BCUT2D eigenvalue weighted by Crippen LogP contribution is -2.21. The van der Waals surface area contributed by atoms with Crippen molar-refractivity contribution in [3.8, 4) is 5.88 Å². The van der Waals surface area contributed by atoms with Gasteiger partial charge < -0.3 is 4.74 Å². The number of rotatable bonds is 6. The summed E-state index contributed by atoms with van der Waals surface area (Å²) in [4.78, 5) is 16.9. The van der Waals surface area contributed by atoms with Crippen LogP contribution in [0, 0.1) is 0 Å². The Morgan fingerprint density at radius 2 is 2.11 bits per heavy atom. The SMILES string of the molecule is CCCCc1c(OCCC)nc2ccccn2c1=O. The van der Waals surface area contributed by atoms with Gasteiger partial charge in [0.15, 0.2) is 0 Å². The zero-order valence-corrected chi connectivity index (χ0v) is 11.6. The second-order valence-corrected chi connectivity index (χ2v) is 4.58. The van der Waals surface area contributed by atoms with Crippen molar-refractivity contribution < 1.29 is 4.74 Å². The summed E-state index contributed by atoms with van der Waals surface area (Å²) in [5.41, 5.74) is 1.32. The standard InChI is InChI=1S/C15H20N2O2/c1-3-5-8-12-14(19-11-4-2)16-13-9-6-7-10-17(13)15(12)18/h6-7,9-10H,3-5,8,11H2,1-2H3. The highest BCUT2D eigenvalue weighted by atomic mass is 16.5. The van der Waals surface area contributed by atoms with E-state index < -0.39 is 0 Å². The van der Waals surface area contributed by atoms with E-state index in [0.717, 1.165) is 25.7 Å². The first-order valence-corrected chi connectivity index (χ1v) is 6.91. The fourth-order valence-electron chi connectivity index (χ4n) is 1.99. The summed E-state index contributed by atoms with van der Waals surface area (Å²) < 4.78 is 7.23. The van der Waals surface area contributed by atoms with Crippen molar-refractivity contribution in [2.75, 3.05) is 6.61 Å². The first-order valence-electron chi connectivity index (χ1n) is 6.91. The van der Waals surface area contributed by atoms with Crippen molar-refractivity contribution in [3.63, 3.8) is 0 Å². The van der Waals surface area contributed by atoms with Gasteiger partial charge in [-0.3, -0.25) is 9.20 Å². The van der Waals surface area contributed by atoms with Crippen LogP contribution in [-0.2, 0) is 6.42 Å². The largest absolute Gasteiger partial charge is 0.477 e. The Balaban J connectivity index is 2.52. The summed E-state index contributed by atoms with van der Waals surface area (Å²) in [7, 11) is 0. The zero-order valence-electron chi connectivity index (χ0n) is 11.6. The molecule has 4 heteroatoms. The number of aromatic nitrogens is 2. The molecule has 0 aliphatic carbocycles. The number of nitrogens with zero attached hydrogens (tertiary/aromatic N) is 2. The quantitative estimate of drug-likeness (QED) is 0.802. The lowest BCUT2D eigenvalue weighted by Gasteiger charge is -2.11. The van der Waals surface area contributed by atoms with Gasteiger partial charge in [-0.2, -0.15) is 4.98 Å². The van der Waals surface area contributed by atoms with Crippen LogP contribution < -0.4 is 10.3 Å². The van der Waals surface area contributed by atoms with Crippen LogP contribution in [0.1, 0.15) is 38.7 Å². The molecular formula is C15H20N2O2. The molecule has 19 heavy (non-hydrogen) atoms. The smallest absolute Gasteiger partial charge is 0.264 e. The summed E-state index contributed by atoms with van der Waals surface area (Å²) in [6, 6.07) is 5.53. The highest BCUT2D eigenvalue weighted by molar-refractivity contribution is 5.42. The molecule has 2 aromatic rings. The second-order valence-electron chi connectivity index (χ2n) is 4.58. The lowest BCUT2D eigenvalue weighted by atomic mass is 10.1. The summed E-state index contributed by atoms with van der Waals surface area (Å²) >= 11 is 0. The number of pyridine rings is 1. The van der Waals surface area contributed by atoms with Crippen molar-refractivity contribution in [2.45, 2.75) is 39.5 Å². The minimum Gasteiger partial charge on any atom is -0.477 e. The van der Waals surface area contributed by atoms with Gasteiger partial charge in [0.25, 0.3) is 5.56 Å². The molecule has 0 aliphatic rings. The third-order valence-corrected chi connectivity index (χ3v) is 3.01. The van der Waals surface area contributed by atoms with E-state index in [2.05, 4.69) is 11.9 Å². The molecule has 2 aromatic heterocycles. The van der Waals surface area contributed by atoms with Crippen LogP contribution in [0.2, 0.25) is 0 Å². The molecule has 4 nitrogen and oxygen atoms in total. The van der Waals surface area contributed by atoms with Gasteiger partial charge in [0.05, 0.1) is 12.2 Å². The first-order chi connectivity index (χ1) is 9.27.